The number of nitrogens with one attached hydrogen (secondary N) is 2. The molecule has 30 heavy (non-hydrogen) atoms. The van der Waals surface area contributed by atoms with Gasteiger partial charge in [0, 0.05) is 10.1 Å². The second-order valence-electron chi connectivity index (χ2n) is 7.94. The quantitative estimate of drug-likeness (QED) is 0.473. The number of carbonyl (C=O) groups excluding carboxylic acids is 1. The van der Waals surface area contributed by atoms with Gasteiger partial charge < -0.3 is 20.6 Å². The van der Waals surface area contributed by atoms with Gasteiger partial charge in [0.2, 0.25) is 0 Å². The van der Waals surface area contributed by atoms with Crippen LogP contribution in [0.2, 0.25) is 0 Å². The van der Waals surface area contributed by atoms with Crippen LogP contribution in [0, 0.1) is 26.9 Å². The van der Waals surface area contributed by atoms with Gasteiger partial charge in [-0.2, -0.15) is 0 Å². The van der Waals surface area contributed by atoms with Gasteiger partial charge in [-0.15, -0.1) is 0 Å². The summed E-state index contributed by atoms with van der Waals surface area (Å²) in [7, 11) is 0. The van der Waals surface area contributed by atoms with Crippen LogP contribution in [0.5, 0.6) is 0 Å². The fourth-order valence-corrected chi connectivity index (χ4v) is 3.71. The Balaban J connectivity index is 1.78. The zero-order chi connectivity index (χ0) is 22.1. The van der Waals surface area contributed by atoms with Gasteiger partial charge >= 0.3 is 0 Å². The van der Waals surface area contributed by atoms with Crippen molar-refractivity contribution in [3.05, 3.63) is 56.9 Å². The minimum atomic E-state index is -1.27. The maximum Gasteiger partial charge on any atom is 0.256 e. The highest BCUT2D eigenvalue weighted by Crippen LogP contribution is 2.31. The number of β-amino-alcohol motifs (C(OH)–C–C–N with tert-alkyl or cyclic N) is 1. The van der Waals surface area contributed by atoms with E-state index >= 15 is 0 Å². The minimum absolute atomic E-state index is 0.0628. The van der Waals surface area contributed by atoms with E-state index in [4.69, 9.17) is 0 Å². The lowest BCUT2D eigenvalue weighted by Crippen LogP contribution is -2.67. The fourth-order valence-electron chi connectivity index (χ4n) is 3.26. The Labute approximate surface area is 186 Å². The molecule has 1 aliphatic heterocycles. The van der Waals surface area contributed by atoms with Crippen molar-refractivity contribution in [1.82, 2.24) is 10.2 Å². The van der Waals surface area contributed by atoms with Gasteiger partial charge in [-0.1, -0.05) is 13.8 Å². The number of aliphatic hydroxyl groups is 1. The summed E-state index contributed by atoms with van der Waals surface area (Å²) in [5.74, 6) is -3.23. The number of nitrogens with zero attached hydrogens (tertiary/aromatic N) is 1. The summed E-state index contributed by atoms with van der Waals surface area (Å²) in [5, 5.41) is 16.2. The lowest BCUT2D eigenvalue weighted by molar-refractivity contribution is -0.0786. The number of likely N-dealkylation sites (tertiary alicyclic amines) is 1. The largest absolute Gasteiger partial charge is 0.385 e. The summed E-state index contributed by atoms with van der Waals surface area (Å²) in [5.41, 5.74) is -1.72. The summed E-state index contributed by atoms with van der Waals surface area (Å²) in [6, 6.07) is 6.24. The molecule has 9 heteroatoms. The number of hydrogen-bond acceptors (Lipinski definition) is 4. The second-order valence-corrected chi connectivity index (χ2v) is 9.19. The van der Waals surface area contributed by atoms with Crippen LogP contribution >= 0.6 is 22.6 Å². The van der Waals surface area contributed by atoms with Crippen molar-refractivity contribution < 1.29 is 23.1 Å². The standard InChI is InChI=1S/C21H23F3IN3O2/c1-12(2)8-26-9-21(30)10-28(11-21)20(29)14-4-5-15(22)18(24)19(14)27-17-6-3-13(25)7-16(17)23/h3-7,12,26-27,30H,8-11H2,1-2H3. The number of carbonyl (C=O) groups is 1. The highest BCUT2D eigenvalue weighted by Gasteiger charge is 2.44. The molecule has 3 N–H and O–H groups in total. The number of anilines is 2. The molecule has 0 unspecified atom stereocenters. The van der Waals surface area contributed by atoms with Crippen LogP contribution in [0.25, 0.3) is 0 Å². The lowest BCUT2D eigenvalue weighted by atomic mass is 9.92. The van der Waals surface area contributed by atoms with E-state index in [1.54, 1.807) is 6.07 Å². The Hall–Kier alpha value is -1.85. The Morgan fingerprint density at radius 2 is 1.90 bits per heavy atom. The van der Waals surface area contributed by atoms with Crippen molar-refractivity contribution in [3.63, 3.8) is 0 Å². The van der Waals surface area contributed by atoms with E-state index < -0.39 is 34.6 Å². The van der Waals surface area contributed by atoms with Crippen molar-refractivity contribution in [1.29, 1.82) is 0 Å². The first-order valence-electron chi connectivity index (χ1n) is 9.52. The molecule has 0 bridgehead atoms. The highest BCUT2D eigenvalue weighted by atomic mass is 127. The third-order valence-corrected chi connectivity index (χ3v) is 5.45. The minimum Gasteiger partial charge on any atom is -0.385 e. The summed E-state index contributed by atoms with van der Waals surface area (Å²) in [6.45, 7) is 5.27. The molecule has 162 valence electrons. The number of hydrogen-bond donors (Lipinski definition) is 3. The monoisotopic (exact) mass is 533 g/mol. The van der Waals surface area contributed by atoms with Crippen molar-refractivity contribution in [2.45, 2.75) is 19.4 Å². The average molecular weight is 533 g/mol. The molecule has 0 aliphatic carbocycles. The van der Waals surface area contributed by atoms with E-state index in [2.05, 4.69) is 10.6 Å². The third kappa shape index (κ3) is 5.06. The molecule has 1 heterocycles. The summed E-state index contributed by atoms with van der Waals surface area (Å²) in [6.07, 6.45) is 0. The summed E-state index contributed by atoms with van der Waals surface area (Å²) >= 11 is 1.93. The van der Waals surface area contributed by atoms with E-state index in [9.17, 15) is 23.1 Å². The van der Waals surface area contributed by atoms with E-state index in [0.29, 0.717) is 16.0 Å². The Morgan fingerprint density at radius 1 is 1.20 bits per heavy atom. The lowest BCUT2D eigenvalue weighted by Gasteiger charge is -2.46. The first-order chi connectivity index (χ1) is 14.1. The Morgan fingerprint density at radius 3 is 2.53 bits per heavy atom. The van der Waals surface area contributed by atoms with Gasteiger partial charge in [-0.05, 0) is 65.4 Å². The molecule has 5 nitrogen and oxygen atoms in total. The fraction of sp³-hybridized carbons (Fsp3) is 0.381. The van der Waals surface area contributed by atoms with E-state index in [-0.39, 0.29) is 24.3 Å². The van der Waals surface area contributed by atoms with Gasteiger partial charge in [0.25, 0.3) is 5.91 Å². The molecule has 0 spiro atoms. The van der Waals surface area contributed by atoms with Crippen LogP contribution in [-0.2, 0) is 0 Å². The van der Waals surface area contributed by atoms with Crippen LogP contribution in [0.4, 0.5) is 24.5 Å². The average Bonchev–Trinajstić information content (AvgIpc) is 2.64. The molecule has 3 rings (SSSR count). The second kappa shape index (κ2) is 9.11. The number of rotatable bonds is 7. The Bertz CT molecular complexity index is 949. The van der Waals surface area contributed by atoms with E-state index in [1.807, 2.05) is 36.4 Å². The van der Waals surface area contributed by atoms with Crippen LogP contribution in [0.15, 0.2) is 30.3 Å². The molecule has 0 aromatic heterocycles. The first kappa shape index (κ1) is 22.8. The van der Waals surface area contributed by atoms with Crippen LogP contribution < -0.4 is 10.6 Å². The number of amides is 1. The summed E-state index contributed by atoms with van der Waals surface area (Å²) in [4.78, 5) is 14.2. The van der Waals surface area contributed by atoms with Crippen molar-refractivity contribution in [2.75, 3.05) is 31.5 Å². The molecule has 0 saturated carbocycles. The zero-order valence-electron chi connectivity index (χ0n) is 16.6. The maximum atomic E-state index is 14.5. The smallest absolute Gasteiger partial charge is 0.256 e. The summed E-state index contributed by atoms with van der Waals surface area (Å²) < 4.78 is 43.2. The molecule has 2 aromatic carbocycles. The van der Waals surface area contributed by atoms with E-state index in [0.717, 1.165) is 18.7 Å². The topological polar surface area (TPSA) is 64.6 Å². The normalized spacial score (nSPS) is 15.3. The first-order valence-corrected chi connectivity index (χ1v) is 10.6. The van der Waals surface area contributed by atoms with Crippen molar-refractivity contribution in [3.8, 4) is 0 Å². The molecular weight excluding hydrogens is 510 g/mol. The van der Waals surface area contributed by atoms with Crippen LogP contribution in [0.1, 0.15) is 24.2 Å². The SMILES string of the molecule is CC(C)CNCC1(O)CN(C(=O)c2ccc(F)c(F)c2Nc2ccc(I)cc2F)C1. The third-order valence-electron chi connectivity index (χ3n) is 4.78. The van der Waals surface area contributed by atoms with Gasteiger partial charge in [-0.25, -0.2) is 13.2 Å². The number of benzene rings is 2. The van der Waals surface area contributed by atoms with Crippen molar-refractivity contribution in [2.24, 2.45) is 5.92 Å². The maximum absolute atomic E-state index is 14.5. The predicted octanol–water partition coefficient (Wildman–Crippen LogP) is 3.88. The molecule has 1 aliphatic rings. The molecule has 1 fully saturated rings. The molecular formula is C21H23F3IN3O2. The van der Waals surface area contributed by atoms with Crippen LogP contribution in [0.3, 0.4) is 0 Å². The zero-order valence-corrected chi connectivity index (χ0v) is 18.8. The van der Waals surface area contributed by atoms with E-state index in [1.165, 1.54) is 17.0 Å². The van der Waals surface area contributed by atoms with Gasteiger partial charge in [0.15, 0.2) is 11.6 Å². The molecule has 2 aromatic rings. The van der Waals surface area contributed by atoms with Gasteiger partial charge in [-0.3, -0.25) is 4.79 Å². The van der Waals surface area contributed by atoms with Crippen LogP contribution in [-0.4, -0.2) is 47.7 Å². The molecule has 0 atom stereocenters. The molecule has 1 amide bonds. The molecule has 0 radical (unpaired) electrons. The predicted molar refractivity (Wildman–Crippen MR) is 117 cm³/mol. The van der Waals surface area contributed by atoms with Gasteiger partial charge in [0.1, 0.15) is 11.4 Å². The Kier molecular flexibility index (Phi) is 6.93. The highest BCUT2D eigenvalue weighted by molar-refractivity contribution is 14.1. The molecule has 1 saturated heterocycles. The van der Waals surface area contributed by atoms with Crippen molar-refractivity contribution >= 4 is 39.9 Å². The van der Waals surface area contributed by atoms with Gasteiger partial charge in [0.05, 0.1) is 30.0 Å². The number of halogens is 4.